The molecule has 0 heterocycles. The second-order valence-corrected chi connectivity index (χ2v) is 7.07. The van der Waals surface area contributed by atoms with Gasteiger partial charge in [-0.15, -0.1) is 11.8 Å². The van der Waals surface area contributed by atoms with E-state index in [1.54, 1.807) is 18.2 Å². The van der Waals surface area contributed by atoms with E-state index in [1.807, 2.05) is 38.1 Å². The Morgan fingerprint density at radius 3 is 2.36 bits per heavy atom. The molecule has 0 unspecified atom stereocenters. The van der Waals surface area contributed by atoms with Crippen LogP contribution in [0.5, 0.6) is 5.75 Å². The number of carbonyl (C=O) groups is 2. The van der Waals surface area contributed by atoms with Crippen LogP contribution in [0.15, 0.2) is 47.4 Å². The van der Waals surface area contributed by atoms with Crippen molar-refractivity contribution in [3.63, 3.8) is 0 Å². The molecular weight excluding hydrogens is 336 g/mol. The van der Waals surface area contributed by atoms with Gasteiger partial charge in [-0.2, -0.15) is 0 Å². The summed E-state index contributed by atoms with van der Waals surface area (Å²) >= 11 is 1.49. The van der Waals surface area contributed by atoms with Crippen LogP contribution in [-0.2, 0) is 9.59 Å². The lowest BCUT2D eigenvalue weighted by atomic mass is 10.2. The maximum atomic E-state index is 12.5. The maximum absolute atomic E-state index is 12.5. The molecule has 0 aliphatic rings. The fourth-order valence-electron chi connectivity index (χ4n) is 2.20. The van der Waals surface area contributed by atoms with Crippen molar-refractivity contribution in [3.8, 4) is 5.75 Å². The third-order valence-electron chi connectivity index (χ3n) is 3.48. The summed E-state index contributed by atoms with van der Waals surface area (Å²) < 4.78 is 5.28. The highest BCUT2D eigenvalue weighted by Crippen LogP contribution is 2.30. The number of carbonyl (C=O) groups excluding carboxylic acids is 2. The molecule has 1 atom stereocenters. The van der Waals surface area contributed by atoms with Crippen molar-refractivity contribution in [3.05, 3.63) is 48.0 Å². The van der Waals surface area contributed by atoms with E-state index in [9.17, 15) is 9.59 Å². The largest absolute Gasteiger partial charge is 0.495 e. The van der Waals surface area contributed by atoms with Crippen LogP contribution in [0.1, 0.15) is 19.4 Å². The molecule has 0 aromatic heterocycles. The molecular formula is C19H22N2O3S. The van der Waals surface area contributed by atoms with E-state index in [-0.39, 0.29) is 17.1 Å². The third-order valence-corrected chi connectivity index (χ3v) is 4.59. The molecule has 0 radical (unpaired) electrons. The number of hydrogen-bond donors (Lipinski definition) is 2. The van der Waals surface area contributed by atoms with Crippen molar-refractivity contribution in [1.29, 1.82) is 0 Å². The summed E-state index contributed by atoms with van der Waals surface area (Å²) in [6.45, 7) is 5.31. The minimum Gasteiger partial charge on any atom is -0.495 e. The van der Waals surface area contributed by atoms with Gasteiger partial charge in [0.25, 0.3) is 0 Å². The highest BCUT2D eigenvalue weighted by molar-refractivity contribution is 8.00. The average molecular weight is 358 g/mol. The number of thioether (sulfide) groups is 1. The normalized spacial score (nSPS) is 11.5. The van der Waals surface area contributed by atoms with E-state index in [4.69, 9.17) is 4.74 Å². The first-order chi connectivity index (χ1) is 11.9. The van der Waals surface area contributed by atoms with Crippen molar-refractivity contribution in [2.24, 2.45) is 0 Å². The summed E-state index contributed by atoms with van der Waals surface area (Å²) in [6, 6.07) is 13.2. The topological polar surface area (TPSA) is 67.4 Å². The van der Waals surface area contributed by atoms with Crippen LogP contribution >= 0.6 is 11.8 Å². The number of benzene rings is 2. The van der Waals surface area contributed by atoms with E-state index in [0.717, 1.165) is 4.90 Å². The Morgan fingerprint density at radius 1 is 1.08 bits per heavy atom. The van der Waals surface area contributed by atoms with Crippen LogP contribution in [0.2, 0.25) is 0 Å². The number of aryl methyl sites for hydroxylation is 1. The summed E-state index contributed by atoms with van der Waals surface area (Å²) in [4.78, 5) is 24.7. The second-order valence-electron chi connectivity index (χ2n) is 5.66. The summed E-state index contributed by atoms with van der Waals surface area (Å²) in [6.07, 6.45) is 0. The molecule has 132 valence electrons. The Kier molecular flexibility index (Phi) is 6.47. The zero-order chi connectivity index (χ0) is 18.4. The van der Waals surface area contributed by atoms with Crippen molar-refractivity contribution in [1.82, 2.24) is 0 Å². The number of ether oxygens (including phenoxy) is 1. The summed E-state index contributed by atoms with van der Waals surface area (Å²) in [7, 11) is 1.54. The van der Waals surface area contributed by atoms with Gasteiger partial charge in [0.15, 0.2) is 0 Å². The van der Waals surface area contributed by atoms with Gasteiger partial charge in [0, 0.05) is 17.5 Å². The third kappa shape index (κ3) is 5.53. The first-order valence-corrected chi connectivity index (χ1v) is 8.77. The van der Waals surface area contributed by atoms with E-state index in [2.05, 4.69) is 10.6 Å². The lowest BCUT2D eigenvalue weighted by molar-refractivity contribution is -0.115. The Balaban J connectivity index is 2.09. The van der Waals surface area contributed by atoms with Crippen LogP contribution < -0.4 is 15.4 Å². The molecule has 2 aromatic rings. The predicted octanol–water partition coefficient (Wildman–Crippen LogP) is 4.08. The van der Waals surface area contributed by atoms with E-state index >= 15 is 0 Å². The standard InChI is InChI=1S/C19H22N2O3S/c1-12-5-8-16(9-6-12)25-13(2)19(23)21-17-11-15(20-14(3)22)7-10-18(17)24-4/h5-11,13H,1-4H3,(H,20,22)(H,21,23)/t13-/m1/s1. The summed E-state index contributed by atoms with van der Waals surface area (Å²) in [5.74, 6) is 0.226. The highest BCUT2D eigenvalue weighted by atomic mass is 32.2. The summed E-state index contributed by atoms with van der Waals surface area (Å²) in [5, 5.41) is 5.28. The molecule has 6 heteroatoms. The number of amides is 2. The first kappa shape index (κ1) is 18.9. The van der Waals surface area contributed by atoms with E-state index in [1.165, 1.54) is 31.4 Å². The number of hydrogen-bond acceptors (Lipinski definition) is 4. The van der Waals surface area contributed by atoms with Gasteiger partial charge in [-0.05, 0) is 44.2 Å². The molecule has 25 heavy (non-hydrogen) atoms. The molecule has 2 aromatic carbocycles. The Labute approximate surface area is 152 Å². The molecule has 2 amide bonds. The van der Waals surface area contributed by atoms with Gasteiger partial charge in [-0.25, -0.2) is 0 Å². The average Bonchev–Trinajstić information content (AvgIpc) is 2.56. The minimum atomic E-state index is -0.281. The molecule has 0 saturated carbocycles. The van der Waals surface area contributed by atoms with Gasteiger partial charge in [0.05, 0.1) is 18.0 Å². The van der Waals surface area contributed by atoms with Gasteiger partial charge in [-0.1, -0.05) is 17.7 Å². The number of methoxy groups -OCH3 is 1. The van der Waals surface area contributed by atoms with Crippen molar-refractivity contribution in [2.45, 2.75) is 30.9 Å². The Morgan fingerprint density at radius 2 is 1.76 bits per heavy atom. The predicted molar refractivity (Wildman–Crippen MR) is 102 cm³/mol. The van der Waals surface area contributed by atoms with E-state index in [0.29, 0.717) is 17.1 Å². The molecule has 5 nitrogen and oxygen atoms in total. The van der Waals surface area contributed by atoms with Gasteiger partial charge in [0.1, 0.15) is 5.75 Å². The van der Waals surface area contributed by atoms with Crippen molar-refractivity contribution in [2.75, 3.05) is 17.7 Å². The monoisotopic (exact) mass is 358 g/mol. The molecule has 0 bridgehead atoms. The lowest BCUT2D eigenvalue weighted by Crippen LogP contribution is -2.22. The quantitative estimate of drug-likeness (QED) is 0.764. The first-order valence-electron chi connectivity index (χ1n) is 7.89. The molecule has 0 spiro atoms. The number of anilines is 2. The van der Waals surface area contributed by atoms with Crippen molar-refractivity contribution < 1.29 is 14.3 Å². The van der Waals surface area contributed by atoms with Gasteiger partial charge in [0.2, 0.25) is 11.8 Å². The van der Waals surface area contributed by atoms with Crippen LogP contribution in [0.3, 0.4) is 0 Å². The molecule has 0 aliphatic carbocycles. The van der Waals surface area contributed by atoms with Crippen molar-refractivity contribution >= 4 is 35.0 Å². The molecule has 2 N–H and O–H groups in total. The summed E-state index contributed by atoms with van der Waals surface area (Å²) in [5.41, 5.74) is 2.30. The SMILES string of the molecule is COc1ccc(NC(C)=O)cc1NC(=O)[C@@H](C)Sc1ccc(C)cc1. The van der Waals surface area contributed by atoms with Crippen LogP contribution in [0.4, 0.5) is 11.4 Å². The fraction of sp³-hybridized carbons (Fsp3) is 0.263. The molecule has 0 fully saturated rings. The Bertz CT molecular complexity index is 760. The Hall–Kier alpha value is -2.47. The molecule has 2 rings (SSSR count). The fourth-order valence-corrected chi connectivity index (χ4v) is 3.06. The van der Waals surface area contributed by atoms with Crippen LogP contribution in [0, 0.1) is 6.92 Å². The van der Waals surface area contributed by atoms with Crippen LogP contribution in [-0.4, -0.2) is 24.2 Å². The van der Waals surface area contributed by atoms with Gasteiger partial charge >= 0.3 is 0 Å². The highest BCUT2D eigenvalue weighted by Gasteiger charge is 2.17. The zero-order valence-corrected chi connectivity index (χ0v) is 15.6. The smallest absolute Gasteiger partial charge is 0.237 e. The van der Waals surface area contributed by atoms with Gasteiger partial charge < -0.3 is 15.4 Å². The maximum Gasteiger partial charge on any atom is 0.237 e. The number of rotatable bonds is 6. The lowest BCUT2D eigenvalue weighted by Gasteiger charge is -2.15. The number of nitrogens with one attached hydrogen (secondary N) is 2. The van der Waals surface area contributed by atoms with Gasteiger partial charge in [-0.3, -0.25) is 9.59 Å². The molecule has 0 aliphatic heterocycles. The van der Waals surface area contributed by atoms with E-state index < -0.39 is 0 Å². The minimum absolute atomic E-state index is 0.135. The second kappa shape index (κ2) is 8.58. The molecule has 0 saturated heterocycles. The van der Waals surface area contributed by atoms with Crippen LogP contribution in [0.25, 0.3) is 0 Å². The zero-order valence-electron chi connectivity index (χ0n) is 14.8.